The van der Waals surface area contributed by atoms with Crippen LogP contribution in [0.2, 0.25) is 0 Å². The first-order chi connectivity index (χ1) is 28.0. The number of nitrogens with zero attached hydrogens (tertiary/aromatic N) is 1. The summed E-state index contributed by atoms with van der Waals surface area (Å²) >= 11 is 0. The van der Waals surface area contributed by atoms with E-state index in [4.69, 9.17) is 18.5 Å². The minimum absolute atomic E-state index is 0.0257. The molecule has 10 heteroatoms. The van der Waals surface area contributed by atoms with Crippen LogP contribution in [0.3, 0.4) is 0 Å². The van der Waals surface area contributed by atoms with Crippen molar-refractivity contribution in [2.75, 3.05) is 47.5 Å². The average Bonchev–Trinajstić information content (AvgIpc) is 3.17. The Kier molecular flexibility index (Phi) is 40.7. The van der Waals surface area contributed by atoms with Crippen LogP contribution >= 0.6 is 7.82 Å². The molecule has 58 heavy (non-hydrogen) atoms. The third-order valence-corrected chi connectivity index (χ3v) is 12.1. The van der Waals surface area contributed by atoms with Gasteiger partial charge in [-0.25, -0.2) is 0 Å². The molecule has 0 heterocycles. The van der Waals surface area contributed by atoms with Crippen LogP contribution in [-0.2, 0) is 32.7 Å². The van der Waals surface area contributed by atoms with Gasteiger partial charge in [0.1, 0.15) is 19.8 Å². The number of hydrogen-bond acceptors (Lipinski definition) is 8. The van der Waals surface area contributed by atoms with E-state index < -0.39 is 26.5 Å². The highest BCUT2D eigenvalue weighted by molar-refractivity contribution is 7.45. The van der Waals surface area contributed by atoms with Crippen LogP contribution in [0.4, 0.5) is 0 Å². The molecule has 1 unspecified atom stereocenters. The zero-order valence-corrected chi connectivity index (χ0v) is 39.9. The lowest BCUT2D eigenvalue weighted by molar-refractivity contribution is -0.870. The molecule has 0 aliphatic heterocycles. The lowest BCUT2D eigenvalue weighted by Crippen LogP contribution is -2.37. The van der Waals surface area contributed by atoms with Gasteiger partial charge in [0.25, 0.3) is 7.82 Å². The number of likely N-dealkylation sites (N-methyl/N-ethyl adjacent to an activating group) is 1. The highest BCUT2D eigenvalue weighted by atomic mass is 31.2. The Balaban J connectivity index is 4.11. The van der Waals surface area contributed by atoms with Gasteiger partial charge >= 0.3 is 11.9 Å². The second-order valence-corrected chi connectivity index (χ2v) is 19.6. The molecule has 0 aromatic rings. The van der Waals surface area contributed by atoms with Crippen LogP contribution < -0.4 is 4.89 Å². The number of carbonyl (C=O) groups is 2. The van der Waals surface area contributed by atoms with E-state index in [0.29, 0.717) is 17.4 Å². The number of phosphoric ester groups is 1. The van der Waals surface area contributed by atoms with E-state index in [1.165, 1.54) is 180 Å². The Morgan fingerprint density at radius 1 is 0.466 bits per heavy atom. The second kappa shape index (κ2) is 41.4. The Hall–Kier alpha value is -0.990. The molecule has 0 aromatic carbocycles. The van der Waals surface area contributed by atoms with E-state index in [1.54, 1.807) is 0 Å². The van der Waals surface area contributed by atoms with Crippen LogP contribution in [0.1, 0.15) is 245 Å². The molecule has 9 nitrogen and oxygen atoms in total. The molecule has 0 saturated carbocycles. The van der Waals surface area contributed by atoms with Crippen molar-refractivity contribution in [1.82, 2.24) is 0 Å². The Labute approximate surface area is 359 Å². The van der Waals surface area contributed by atoms with E-state index >= 15 is 0 Å². The summed E-state index contributed by atoms with van der Waals surface area (Å²) in [6, 6.07) is 0. The molecule has 0 fully saturated rings. The first-order valence-corrected chi connectivity index (χ1v) is 26.2. The molecule has 2 atom stereocenters. The summed E-state index contributed by atoms with van der Waals surface area (Å²) in [5, 5.41) is 0. The Bertz CT molecular complexity index is 958. The normalized spacial score (nSPS) is 13.4. The topological polar surface area (TPSA) is 111 Å². The van der Waals surface area contributed by atoms with Gasteiger partial charge in [-0.2, -0.15) is 0 Å². The van der Waals surface area contributed by atoms with Crippen molar-refractivity contribution >= 4 is 19.8 Å². The van der Waals surface area contributed by atoms with Gasteiger partial charge in [0, 0.05) is 12.8 Å². The van der Waals surface area contributed by atoms with Gasteiger partial charge in [0.05, 0.1) is 27.7 Å². The molecule has 0 radical (unpaired) electrons. The lowest BCUT2D eigenvalue weighted by atomic mass is 10.0. The first-order valence-electron chi connectivity index (χ1n) is 24.7. The number of rotatable bonds is 46. The zero-order valence-electron chi connectivity index (χ0n) is 39.0. The first kappa shape index (κ1) is 57.0. The Morgan fingerprint density at radius 2 is 0.776 bits per heavy atom. The third kappa shape index (κ3) is 44.6. The largest absolute Gasteiger partial charge is 0.756 e. The quantitative estimate of drug-likeness (QED) is 0.0258. The molecule has 0 bridgehead atoms. The molecule has 0 rings (SSSR count). The standard InChI is InChI=1S/C48H96NO8P/c1-6-8-10-12-14-16-18-19-20-21-22-23-24-25-26-27-28-29-31-32-34-36-38-40-47(50)54-44-46(45-56-58(52,53)55-43-42-49(3,4)5)57-48(51)41-39-37-35-33-30-17-15-13-11-9-7-2/h46H,6-45H2,1-5H3/t46-/m0/s1. The number of unbranched alkanes of at least 4 members (excludes halogenated alkanes) is 32. The van der Waals surface area contributed by atoms with E-state index in [9.17, 15) is 19.0 Å². The highest BCUT2D eigenvalue weighted by Crippen LogP contribution is 2.38. The number of phosphoric acid groups is 1. The van der Waals surface area contributed by atoms with E-state index in [2.05, 4.69) is 13.8 Å². The minimum atomic E-state index is -4.62. The molecule has 0 amide bonds. The molecule has 0 aromatic heterocycles. The number of esters is 2. The molecular formula is C48H96NO8P. The summed E-state index contributed by atoms with van der Waals surface area (Å²) in [6.07, 6.45) is 42.8. The van der Waals surface area contributed by atoms with E-state index in [0.717, 1.165) is 32.1 Å². The van der Waals surface area contributed by atoms with Gasteiger partial charge in [-0.1, -0.05) is 219 Å². The van der Waals surface area contributed by atoms with Gasteiger partial charge in [-0.05, 0) is 12.8 Å². The third-order valence-electron chi connectivity index (χ3n) is 11.1. The minimum Gasteiger partial charge on any atom is -0.756 e. The van der Waals surface area contributed by atoms with Gasteiger partial charge < -0.3 is 27.9 Å². The van der Waals surface area contributed by atoms with Crippen LogP contribution in [0, 0.1) is 0 Å². The maximum atomic E-state index is 12.7. The number of carbonyl (C=O) groups excluding carboxylic acids is 2. The van der Waals surface area contributed by atoms with Gasteiger partial charge in [0.2, 0.25) is 0 Å². The molecule has 0 N–H and O–H groups in total. The maximum absolute atomic E-state index is 12.7. The fourth-order valence-electron chi connectivity index (χ4n) is 7.25. The monoisotopic (exact) mass is 846 g/mol. The van der Waals surface area contributed by atoms with Crippen LogP contribution in [0.5, 0.6) is 0 Å². The maximum Gasteiger partial charge on any atom is 0.306 e. The predicted octanol–water partition coefficient (Wildman–Crippen LogP) is 13.7. The summed E-state index contributed by atoms with van der Waals surface area (Å²) in [5.74, 6) is -0.818. The molecule has 0 aliphatic carbocycles. The molecule has 346 valence electrons. The van der Waals surface area contributed by atoms with Crippen molar-refractivity contribution < 1.29 is 42.1 Å². The lowest BCUT2D eigenvalue weighted by Gasteiger charge is -2.28. The predicted molar refractivity (Wildman–Crippen MR) is 241 cm³/mol. The van der Waals surface area contributed by atoms with E-state index in [1.807, 2.05) is 21.1 Å². The Morgan fingerprint density at radius 3 is 1.10 bits per heavy atom. The van der Waals surface area contributed by atoms with Crippen LogP contribution in [-0.4, -0.2) is 70.0 Å². The summed E-state index contributed by atoms with van der Waals surface area (Å²) in [5.41, 5.74) is 0. The van der Waals surface area contributed by atoms with Crippen LogP contribution in [0.25, 0.3) is 0 Å². The molecule has 0 spiro atoms. The SMILES string of the molecule is CCCCCCCCCCCCCCCCCCCCCCCCCC(=O)OC[C@@H](COP(=O)([O-])OCC[N+](C)(C)C)OC(=O)CCCCCCCCCCCCC. The van der Waals surface area contributed by atoms with Gasteiger partial charge in [-0.3, -0.25) is 14.2 Å². The van der Waals surface area contributed by atoms with Crippen molar-refractivity contribution in [2.45, 2.75) is 251 Å². The second-order valence-electron chi connectivity index (χ2n) is 18.2. The molecule has 0 aliphatic rings. The van der Waals surface area contributed by atoms with Gasteiger partial charge in [-0.15, -0.1) is 0 Å². The fourth-order valence-corrected chi connectivity index (χ4v) is 7.97. The van der Waals surface area contributed by atoms with Gasteiger partial charge in [0.15, 0.2) is 6.10 Å². The molecule has 0 saturated heterocycles. The van der Waals surface area contributed by atoms with E-state index in [-0.39, 0.29) is 32.0 Å². The van der Waals surface area contributed by atoms with Crippen LogP contribution in [0.15, 0.2) is 0 Å². The smallest absolute Gasteiger partial charge is 0.306 e. The fraction of sp³-hybridized carbons (Fsp3) is 0.958. The van der Waals surface area contributed by atoms with Crippen molar-refractivity contribution in [3.8, 4) is 0 Å². The zero-order chi connectivity index (χ0) is 42.8. The number of ether oxygens (including phenoxy) is 2. The van der Waals surface area contributed by atoms with Crippen molar-refractivity contribution in [3.05, 3.63) is 0 Å². The number of hydrogen-bond donors (Lipinski definition) is 0. The summed E-state index contributed by atoms with van der Waals surface area (Å²) in [6.45, 7) is 4.27. The summed E-state index contributed by atoms with van der Waals surface area (Å²) < 4.78 is 33.9. The van der Waals surface area contributed by atoms with Crippen molar-refractivity contribution in [3.63, 3.8) is 0 Å². The summed E-state index contributed by atoms with van der Waals surface area (Å²) in [4.78, 5) is 37.6. The average molecular weight is 846 g/mol. The number of quaternary nitrogens is 1. The highest BCUT2D eigenvalue weighted by Gasteiger charge is 2.21. The summed E-state index contributed by atoms with van der Waals surface area (Å²) in [7, 11) is 1.18. The van der Waals surface area contributed by atoms with Crippen molar-refractivity contribution in [1.29, 1.82) is 0 Å². The van der Waals surface area contributed by atoms with Crippen molar-refractivity contribution in [2.24, 2.45) is 0 Å². The molecular weight excluding hydrogens is 750 g/mol.